The summed E-state index contributed by atoms with van der Waals surface area (Å²) in [5, 5.41) is 3.63. The Bertz CT molecular complexity index is 551. The first-order chi connectivity index (χ1) is 10.2. The molecule has 2 heterocycles. The van der Waals surface area contributed by atoms with E-state index in [0.717, 1.165) is 49.2 Å². The topological polar surface area (TPSA) is 62.3 Å². The molecule has 0 bridgehead atoms. The van der Waals surface area contributed by atoms with E-state index in [4.69, 9.17) is 0 Å². The van der Waals surface area contributed by atoms with Crippen molar-refractivity contribution in [3.8, 4) is 0 Å². The van der Waals surface area contributed by atoms with Gasteiger partial charge in [-0.15, -0.1) is 0 Å². The number of anilines is 1. The van der Waals surface area contributed by atoms with Gasteiger partial charge in [-0.05, 0) is 19.3 Å². The van der Waals surface area contributed by atoms with E-state index in [9.17, 15) is 9.59 Å². The molecule has 0 saturated heterocycles. The van der Waals surface area contributed by atoms with E-state index in [-0.39, 0.29) is 17.7 Å². The molecule has 1 aliphatic carbocycles. The maximum absolute atomic E-state index is 12.0. The summed E-state index contributed by atoms with van der Waals surface area (Å²) in [7, 11) is 0. The predicted molar refractivity (Wildman–Crippen MR) is 82.1 cm³/mol. The Kier molecular flexibility index (Phi) is 4.24. The molecular formula is C15H21N3O2S. The molecule has 114 valence electrons. The molecule has 3 rings (SSSR count). The van der Waals surface area contributed by atoms with Gasteiger partial charge in [0, 0.05) is 30.2 Å². The van der Waals surface area contributed by atoms with Crippen LogP contribution in [0.1, 0.15) is 49.6 Å². The normalized spacial score (nSPS) is 18.0. The molecule has 0 radical (unpaired) electrons. The Labute approximate surface area is 128 Å². The lowest BCUT2D eigenvalue weighted by atomic mass is 9.85. The lowest BCUT2D eigenvalue weighted by Gasteiger charge is -2.25. The van der Waals surface area contributed by atoms with Gasteiger partial charge in [-0.2, -0.15) is 0 Å². The van der Waals surface area contributed by atoms with Crippen molar-refractivity contribution in [2.45, 2.75) is 52.0 Å². The monoisotopic (exact) mass is 307 g/mol. The summed E-state index contributed by atoms with van der Waals surface area (Å²) < 4.78 is 0. The summed E-state index contributed by atoms with van der Waals surface area (Å²) in [6, 6.07) is 0. The predicted octanol–water partition coefficient (Wildman–Crippen LogP) is 2.57. The molecule has 1 aliphatic heterocycles. The van der Waals surface area contributed by atoms with Crippen LogP contribution in [0.2, 0.25) is 0 Å². The minimum absolute atomic E-state index is 0.103. The van der Waals surface area contributed by atoms with E-state index < -0.39 is 0 Å². The smallest absolute Gasteiger partial charge is 0.229 e. The van der Waals surface area contributed by atoms with Crippen LogP contribution < -0.4 is 5.32 Å². The molecule has 21 heavy (non-hydrogen) atoms. The second-order valence-electron chi connectivity index (χ2n) is 5.82. The highest BCUT2D eigenvalue weighted by molar-refractivity contribution is 7.15. The van der Waals surface area contributed by atoms with Crippen LogP contribution in [0.3, 0.4) is 0 Å². The van der Waals surface area contributed by atoms with Crippen molar-refractivity contribution < 1.29 is 9.59 Å². The molecular weight excluding hydrogens is 286 g/mol. The first-order valence-electron chi connectivity index (χ1n) is 7.74. The SMILES string of the molecule is CCCC(=O)N1CCc2nc(NC(=O)C3CCC3)sc2C1. The highest BCUT2D eigenvalue weighted by Crippen LogP contribution is 2.31. The molecule has 0 unspecified atom stereocenters. The van der Waals surface area contributed by atoms with Crippen LogP contribution in [0.15, 0.2) is 0 Å². The molecule has 0 aromatic carbocycles. The van der Waals surface area contributed by atoms with Crippen molar-refractivity contribution in [2.75, 3.05) is 11.9 Å². The highest BCUT2D eigenvalue weighted by Gasteiger charge is 2.27. The number of carbonyl (C=O) groups is 2. The molecule has 1 fully saturated rings. The Morgan fingerprint density at radius 1 is 1.43 bits per heavy atom. The third-order valence-corrected chi connectivity index (χ3v) is 5.25. The molecule has 5 nitrogen and oxygen atoms in total. The fraction of sp³-hybridized carbons (Fsp3) is 0.667. The van der Waals surface area contributed by atoms with Crippen molar-refractivity contribution in [3.05, 3.63) is 10.6 Å². The van der Waals surface area contributed by atoms with E-state index in [0.29, 0.717) is 18.1 Å². The second-order valence-corrected chi connectivity index (χ2v) is 6.90. The summed E-state index contributed by atoms with van der Waals surface area (Å²) in [6.07, 6.45) is 5.43. The first-order valence-corrected chi connectivity index (χ1v) is 8.56. The number of nitrogens with one attached hydrogen (secondary N) is 1. The van der Waals surface area contributed by atoms with Gasteiger partial charge in [0.25, 0.3) is 0 Å². The maximum atomic E-state index is 12.0. The Morgan fingerprint density at radius 2 is 2.24 bits per heavy atom. The average Bonchev–Trinajstić information content (AvgIpc) is 2.77. The zero-order chi connectivity index (χ0) is 14.8. The fourth-order valence-corrected chi connectivity index (χ4v) is 3.74. The first kappa shape index (κ1) is 14.5. The summed E-state index contributed by atoms with van der Waals surface area (Å²) in [6.45, 7) is 3.41. The molecule has 1 saturated carbocycles. The summed E-state index contributed by atoms with van der Waals surface area (Å²) in [5.74, 6) is 0.497. The van der Waals surface area contributed by atoms with Crippen LogP contribution in [0.5, 0.6) is 0 Å². The van der Waals surface area contributed by atoms with Crippen molar-refractivity contribution >= 4 is 28.3 Å². The van der Waals surface area contributed by atoms with E-state index in [2.05, 4.69) is 10.3 Å². The number of amides is 2. The Hall–Kier alpha value is -1.43. The molecule has 2 aliphatic rings. The van der Waals surface area contributed by atoms with Crippen LogP contribution in [-0.2, 0) is 22.6 Å². The molecule has 0 atom stereocenters. The van der Waals surface area contributed by atoms with Crippen molar-refractivity contribution in [2.24, 2.45) is 5.92 Å². The zero-order valence-corrected chi connectivity index (χ0v) is 13.2. The number of nitrogens with zero attached hydrogens (tertiary/aromatic N) is 2. The van der Waals surface area contributed by atoms with Crippen LogP contribution >= 0.6 is 11.3 Å². The van der Waals surface area contributed by atoms with Crippen LogP contribution in [0.4, 0.5) is 5.13 Å². The minimum Gasteiger partial charge on any atom is -0.337 e. The Balaban J connectivity index is 1.63. The van der Waals surface area contributed by atoms with Crippen molar-refractivity contribution in [1.29, 1.82) is 0 Å². The third-order valence-electron chi connectivity index (χ3n) is 4.25. The maximum Gasteiger partial charge on any atom is 0.229 e. The molecule has 1 N–H and O–H groups in total. The van der Waals surface area contributed by atoms with Gasteiger partial charge < -0.3 is 10.2 Å². The van der Waals surface area contributed by atoms with Gasteiger partial charge in [0.2, 0.25) is 11.8 Å². The summed E-state index contributed by atoms with van der Waals surface area (Å²) in [5.41, 5.74) is 1.05. The quantitative estimate of drug-likeness (QED) is 0.930. The molecule has 2 amide bonds. The number of aromatic nitrogens is 1. The van der Waals surface area contributed by atoms with Crippen molar-refractivity contribution in [3.63, 3.8) is 0 Å². The van der Waals surface area contributed by atoms with Gasteiger partial charge in [-0.1, -0.05) is 24.7 Å². The van der Waals surface area contributed by atoms with Crippen LogP contribution in [-0.4, -0.2) is 28.2 Å². The van der Waals surface area contributed by atoms with E-state index >= 15 is 0 Å². The molecule has 1 aromatic rings. The molecule has 6 heteroatoms. The highest BCUT2D eigenvalue weighted by atomic mass is 32.1. The number of thiazole rings is 1. The van der Waals surface area contributed by atoms with E-state index in [1.807, 2.05) is 11.8 Å². The van der Waals surface area contributed by atoms with Crippen LogP contribution in [0, 0.1) is 5.92 Å². The van der Waals surface area contributed by atoms with Crippen LogP contribution in [0.25, 0.3) is 0 Å². The minimum atomic E-state index is 0.103. The number of hydrogen-bond acceptors (Lipinski definition) is 4. The average molecular weight is 307 g/mol. The lowest BCUT2D eigenvalue weighted by molar-refractivity contribution is -0.132. The third kappa shape index (κ3) is 3.10. The largest absolute Gasteiger partial charge is 0.337 e. The number of fused-ring (bicyclic) bond motifs is 1. The number of hydrogen-bond donors (Lipinski definition) is 1. The standard InChI is InChI=1S/C15H21N3O2S/c1-2-4-13(19)18-8-7-11-12(9-18)21-15(16-11)17-14(20)10-5-3-6-10/h10H,2-9H2,1H3,(H,16,17,20). The fourth-order valence-electron chi connectivity index (χ4n) is 2.71. The van der Waals surface area contributed by atoms with E-state index in [1.165, 1.54) is 11.3 Å². The van der Waals surface area contributed by atoms with Gasteiger partial charge in [0.1, 0.15) is 0 Å². The zero-order valence-electron chi connectivity index (χ0n) is 12.4. The summed E-state index contributed by atoms with van der Waals surface area (Å²) >= 11 is 1.52. The van der Waals surface area contributed by atoms with Gasteiger partial charge >= 0.3 is 0 Å². The van der Waals surface area contributed by atoms with Crippen molar-refractivity contribution in [1.82, 2.24) is 9.88 Å². The second kappa shape index (κ2) is 6.13. The van der Waals surface area contributed by atoms with Gasteiger partial charge in [-0.3, -0.25) is 9.59 Å². The van der Waals surface area contributed by atoms with Gasteiger partial charge in [0.15, 0.2) is 5.13 Å². The van der Waals surface area contributed by atoms with Gasteiger partial charge in [0.05, 0.1) is 12.2 Å². The summed E-state index contributed by atoms with van der Waals surface area (Å²) in [4.78, 5) is 31.5. The number of carbonyl (C=O) groups excluding carboxylic acids is 2. The number of rotatable bonds is 4. The molecule has 1 aromatic heterocycles. The van der Waals surface area contributed by atoms with E-state index in [1.54, 1.807) is 0 Å². The molecule has 0 spiro atoms. The van der Waals surface area contributed by atoms with Gasteiger partial charge in [-0.25, -0.2) is 4.98 Å². The Morgan fingerprint density at radius 3 is 2.90 bits per heavy atom. The lowest BCUT2D eigenvalue weighted by Crippen LogP contribution is -2.35.